The van der Waals surface area contributed by atoms with Crippen molar-refractivity contribution in [3.8, 4) is 5.75 Å². The zero-order valence-corrected chi connectivity index (χ0v) is 10.2. The van der Waals surface area contributed by atoms with Crippen molar-refractivity contribution in [1.82, 2.24) is 0 Å². The number of hydrogen-bond acceptors (Lipinski definition) is 1. The summed E-state index contributed by atoms with van der Waals surface area (Å²) in [6, 6.07) is 4.46. The van der Waals surface area contributed by atoms with E-state index in [2.05, 4.69) is 15.9 Å². The molecule has 1 rings (SSSR count). The number of halogens is 3. The number of alkyl halides is 2. The minimum Gasteiger partial charge on any atom is -0.493 e. The van der Waals surface area contributed by atoms with Gasteiger partial charge in [-0.25, -0.2) is 8.78 Å². The van der Waals surface area contributed by atoms with Gasteiger partial charge >= 0.3 is 0 Å². The van der Waals surface area contributed by atoms with Crippen LogP contribution in [0.3, 0.4) is 0 Å². The monoisotopic (exact) mass is 278 g/mol. The van der Waals surface area contributed by atoms with Crippen molar-refractivity contribution in [3.63, 3.8) is 0 Å². The van der Waals surface area contributed by atoms with Gasteiger partial charge in [-0.05, 0) is 24.1 Å². The highest BCUT2D eigenvalue weighted by Gasteiger charge is 2.10. The Kier molecular flexibility index (Phi) is 4.51. The molecule has 1 aromatic rings. The molecule has 1 nitrogen and oxygen atoms in total. The van der Waals surface area contributed by atoms with Crippen LogP contribution in [0.1, 0.15) is 25.8 Å². The first-order valence-electron chi connectivity index (χ1n) is 4.70. The Hall–Kier alpha value is -0.640. The molecule has 15 heavy (non-hydrogen) atoms. The van der Waals surface area contributed by atoms with Crippen molar-refractivity contribution in [2.75, 3.05) is 6.61 Å². The van der Waals surface area contributed by atoms with Crippen molar-refractivity contribution in [2.45, 2.75) is 20.3 Å². The second-order valence-corrected chi connectivity index (χ2v) is 4.64. The fourth-order valence-electron chi connectivity index (χ4n) is 1.06. The Labute approximate surface area is 96.6 Å². The van der Waals surface area contributed by atoms with Gasteiger partial charge in [0.05, 0.1) is 6.61 Å². The fraction of sp³-hybridized carbons (Fsp3) is 0.455. The van der Waals surface area contributed by atoms with E-state index in [1.165, 1.54) is 12.1 Å². The van der Waals surface area contributed by atoms with Crippen molar-refractivity contribution in [1.29, 1.82) is 0 Å². The maximum Gasteiger partial charge on any atom is 0.264 e. The van der Waals surface area contributed by atoms with E-state index < -0.39 is 6.43 Å². The third-order valence-electron chi connectivity index (χ3n) is 1.73. The van der Waals surface area contributed by atoms with Gasteiger partial charge in [0.1, 0.15) is 5.75 Å². The quantitative estimate of drug-likeness (QED) is 0.792. The zero-order chi connectivity index (χ0) is 11.4. The summed E-state index contributed by atoms with van der Waals surface area (Å²) in [7, 11) is 0. The second kappa shape index (κ2) is 5.45. The summed E-state index contributed by atoms with van der Waals surface area (Å²) in [5.74, 6) is 0.854. The highest BCUT2D eigenvalue weighted by atomic mass is 79.9. The van der Waals surface area contributed by atoms with Crippen LogP contribution in [0.15, 0.2) is 22.7 Å². The van der Waals surface area contributed by atoms with Crippen molar-refractivity contribution in [3.05, 3.63) is 28.2 Å². The number of hydrogen-bond donors (Lipinski definition) is 0. The summed E-state index contributed by atoms with van der Waals surface area (Å²) < 4.78 is 30.9. The van der Waals surface area contributed by atoms with Crippen molar-refractivity contribution >= 4 is 15.9 Å². The molecule has 84 valence electrons. The molecule has 0 N–H and O–H groups in total. The summed E-state index contributed by atoms with van der Waals surface area (Å²) in [4.78, 5) is 0. The van der Waals surface area contributed by atoms with Crippen LogP contribution in [0.5, 0.6) is 5.75 Å². The molecule has 0 aliphatic rings. The van der Waals surface area contributed by atoms with Crippen LogP contribution in [0.25, 0.3) is 0 Å². The zero-order valence-electron chi connectivity index (χ0n) is 8.64. The normalized spacial score (nSPS) is 11.1. The van der Waals surface area contributed by atoms with E-state index in [1.807, 2.05) is 13.8 Å². The lowest BCUT2D eigenvalue weighted by Crippen LogP contribution is -2.04. The summed E-state index contributed by atoms with van der Waals surface area (Å²) in [6.07, 6.45) is -2.47. The van der Waals surface area contributed by atoms with E-state index in [4.69, 9.17) is 4.74 Å². The number of ether oxygens (including phenoxy) is 1. The van der Waals surface area contributed by atoms with Crippen LogP contribution in [-0.4, -0.2) is 6.61 Å². The van der Waals surface area contributed by atoms with E-state index in [9.17, 15) is 8.78 Å². The highest BCUT2D eigenvalue weighted by molar-refractivity contribution is 9.10. The van der Waals surface area contributed by atoms with Crippen LogP contribution >= 0.6 is 15.9 Å². The number of rotatable bonds is 4. The van der Waals surface area contributed by atoms with Gasteiger partial charge in [0, 0.05) is 10.0 Å². The summed E-state index contributed by atoms with van der Waals surface area (Å²) in [5, 5.41) is 0. The predicted octanol–water partition coefficient (Wildman–Crippen LogP) is 4.42. The molecular formula is C11H13BrF2O. The lowest BCUT2D eigenvalue weighted by molar-refractivity contribution is 0.150. The molecule has 0 fully saturated rings. The van der Waals surface area contributed by atoms with E-state index in [-0.39, 0.29) is 5.56 Å². The predicted molar refractivity (Wildman–Crippen MR) is 59.4 cm³/mol. The Bertz CT molecular complexity index is 326. The molecule has 0 radical (unpaired) electrons. The SMILES string of the molecule is CC(C)COc1cc(Br)cc(C(F)F)c1. The molecule has 0 saturated carbocycles. The summed E-state index contributed by atoms with van der Waals surface area (Å²) in [5.41, 5.74) is -0.0249. The van der Waals surface area contributed by atoms with Crippen LogP contribution in [-0.2, 0) is 0 Å². The molecule has 1 aromatic carbocycles. The van der Waals surface area contributed by atoms with Crippen molar-refractivity contribution < 1.29 is 13.5 Å². The molecule has 0 amide bonds. The molecule has 0 heterocycles. The minimum absolute atomic E-state index is 0.0249. The molecular weight excluding hydrogens is 266 g/mol. The van der Waals surface area contributed by atoms with Gasteiger partial charge in [-0.3, -0.25) is 0 Å². The molecule has 0 atom stereocenters. The Morgan fingerprint density at radius 2 is 1.93 bits per heavy atom. The topological polar surface area (TPSA) is 9.23 Å². The first-order valence-corrected chi connectivity index (χ1v) is 5.49. The second-order valence-electron chi connectivity index (χ2n) is 3.73. The Morgan fingerprint density at radius 3 is 2.47 bits per heavy atom. The van der Waals surface area contributed by atoms with E-state index in [0.717, 1.165) is 0 Å². The fourth-order valence-corrected chi connectivity index (χ4v) is 1.55. The summed E-state index contributed by atoms with van der Waals surface area (Å²) in [6.45, 7) is 4.54. The Morgan fingerprint density at radius 1 is 1.27 bits per heavy atom. The standard InChI is InChI=1S/C11H13BrF2O/c1-7(2)6-15-10-4-8(11(13)14)3-9(12)5-10/h3-5,7,11H,6H2,1-2H3. The molecule has 0 aliphatic carbocycles. The molecule has 0 aliphatic heterocycles. The van der Waals surface area contributed by atoms with Gasteiger partial charge < -0.3 is 4.74 Å². The van der Waals surface area contributed by atoms with Crippen LogP contribution in [0, 0.1) is 5.92 Å². The van der Waals surface area contributed by atoms with Gasteiger partial charge in [-0.1, -0.05) is 29.8 Å². The first kappa shape index (κ1) is 12.4. The average Bonchev–Trinajstić information content (AvgIpc) is 2.13. The molecule has 0 bridgehead atoms. The summed E-state index contributed by atoms with van der Waals surface area (Å²) >= 11 is 3.17. The van der Waals surface area contributed by atoms with E-state index in [0.29, 0.717) is 22.7 Å². The molecule has 0 aromatic heterocycles. The molecule has 0 unspecified atom stereocenters. The largest absolute Gasteiger partial charge is 0.493 e. The van der Waals surface area contributed by atoms with Crippen LogP contribution in [0.2, 0.25) is 0 Å². The van der Waals surface area contributed by atoms with Gasteiger partial charge in [-0.2, -0.15) is 0 Å². The highest BCUT2D eigenvalue weighted by Crippen LogP contribution is 2.28. The molecule has 0 saturated heterocycles. The number of benzene rings is 1. The Balaban J connectivity index is 2.79. The maximum atomic E-state index is 12.4. The third-order valence-corrected chi connectivity index (χ3v) is 2.19. The van der Waals surface area contributed by atoms with Crippen LogP contribution in [0.4, 0.5) is 8.78 Å². The van der Waals surface area contributed by atoms with Gasteiger partial charge in [0.15, 0.2) is 0 Å². The maximum absolute atomic E-state index is 12.4. The van der Waals surface area contributed by atoms with E-state index in [1.54, 1.807) is 6.07 Å². The third kappa shape index (κ3) is 4.16. The lowest BCUT2D eigenvalue weighted by Gasteiger charge is -2.10. The van der Waals surface area contributed by atoms with E-state index >= 15 is 0 Å². The van der Waals surface area contributed by atoms with Gasteiger partial charge in [0.2, 0.25) is 0 Å². The van der Waals surface area contributed by atoms with Gasteiger partial charge in [-0.15, -0.1) is 0 Å². The van der Waals surface area contributed by atoms with Crippen molar-refractivity contribution in [2.24, 2.45) is 5.92 Å². The molecule has 4 heteroatoms. The molecule has 0 spiro atoms. The first-order chi connectivity index (χ1) is 6.99. The average molecular weight is 279 g/mol. The smallest absolute Gasteiger partial charge is 0.264 e. The van der Waals surface area contributed by atoms with Crippen LogP contribution < -0.4 is 4.74 Å². The van der Waals surface area contributed by atoms with Gasteiger partial charge in [0.25, 0.3) is 6.43 Å². The lowest BCUT2D eigenvalue weighted by atomic mass is 10.2. The minimum atomic E-state index is -2.47.